The van der Waals surface area contributed by atoms with Gasteiger partial charge in [-0.2, -0.15) is 0 Å². The minimum Gasteiger partial charge on any atom is -0.416 e. The van der Waals surface area contributed by atoms with E-state index in [0.717, 1.165) is 51.9 Å². The molecule has 1 aliphatic carbocycles. The Morgan fingerprint density at radius 2 is 1.59 bits per heavy atom. The van der Waals surface area contributed by atoms with Crippen molar-refractivity contribution in [1.29, 1.82) is 0 Å². The van der Waals surface area contributed by atoms with Crippen molar-refractivity contribution in [2.24, 2.45) is 5.41 Å². The van der Waals surface area contributed by atoms with E-state index in [1.807, 2.05) is 0 Å². The molecule has 1 heterocycles. The van der Waals surface area contributed by atoms with Crippen molar-refractivity contribution in [2.45, 2.75) is 76.8 Å². The Balaban J connectivity index is 1.73. The Morgan fingerprint density at radius 3 is 2.05 bits per heavy atom. The number of likely N-dealkylation sites (tertiary alicyclic amines) is 1. The Hall–Kier alpha value is 0.0569. The molecule has 1 saturated carbocycles. The van der Waals surface area contributed by atoms with Crippen LogP contribution >= 0.6 is 0 Å². The molecule has 2 N–H and O–H groups in total. The Bertz CT molecular complexity index is 361. The van der Waals surface area contributed by atoms with Gasteiger partial charge in [0.1, 0.15) is 0 Å². The monoisotopic (exact) mass is 329 g/mol. The fraction of sp³-hybridized carbons (Fsp3) is 1.00. The van der Waals surface area contributed by atoms with Crippen molar-refractivity contribution in [1.82, 2.24) is 4.90 Å². The normalized spacial score (nSPS) is 30.1. The molecule has 0 aromatic rings. The van der Waals surface area contributed by atoms with E-state index in [2.05, 4.69) is 38.8 Å². The maximum Gasteiger partial charge on any atom is 0.192 e. The summed E-state index contributed by atoms with van der Waals surface area (Å²) in [6.07, 6.45) is 2.75. The van der Waals surface area contributed by atoms with Crippen molar-refractivity contribution in [2.75, 3.05) is 26.2 Å². The van der Waals surface area contributed by atoms with Gasteiger partial charge >= 0.3 is 0 Å². The third-order valence-electron chi connectivity index (χ3n) is 6.32. The zero-order valence-corrected chi connectivity index (χ0v) is 16.1. The Kier molecular flexibility index (Phi) is 5.45. The van der Waals surface area contributed by atoms with Crippen molar-refractivity contribution in [3.63, 3.8) is 0 Å². The highest BCUT2D eigenvalue weighted by Gasteiger charge is 2.45. The number of hydrogen-bond acceptors (Lipinski definition) is 4. The molecule has 2 rings (SSSR count). The van der Waals surface area contributed by atoms with Gasteiger partial charge in [-0.15, -0.1) is 0 Å². The van der Waals surface area contributed by atoms with Crippen molar-refractivity contribution < 1.29 is 14.6 Å². The van der Waals surface area contributed by atoms with Crippen LogP contribution in [0.1, 0.15) is 46.5 Å². The van der Waals surface area contributed by atoms with Crippen LogP contribution in [0.2, 0.25) is 18.1 Å². The molecule has 0 radical (unpaired) electrons. The fourth-order valence-electron chi connectivity index (χ4n) is 3.55. The zero-order valence-electron chi connectivity index (χ0n) is 15.1. The van der Waals surface area contributed by atoms with Crippen LogP contribution in [0.4, 0.5) is 0 Å². The predicted molar refractivity (Wildman–Crippen MR) is 92.5 cm³/mol. The van der Waals surface area contributed by atoms with Crippen molar-refractivity contribution >= 4 is 8.32 Å². The average molecular weight is 330 g/mol. The van der Waals surface area contributed by atoms with Gasteiger partial charge in [0.2, 0.25) is 0 Å². The molecule has 1 aliphatic heterocycles. The van der Waals surface area contributed by atoms with E-state index in [4.69, 9.17) is 4.43 Å². The van der Waals surface area contributed by atoms with Crippen molar-refractivity contribution in [3.05, 3.63) is 0 Å². The molecule has 2 aliphatic rings. The molecule has 130 valence electrons. The molecule has 1 saturated heterocycles. The molecule has 0 bridgehead atoms. The number of nitrogens with zero attached hydrogens (tertiary/aromatic N) is 1. The third-order valence-corrected chi connectivity index (χ3v) is 10.9. The van der Waals surface area contributed by atoms with Crippen LogP contribution in [-0.4, -0.2) is 61.9 Å². The van der Waals surface area contributed by atoms with Crippen LogP contribution < -0.4 is 0 Å². The number of piperidine rings is 1. The van der Waals surface area contributed by atoms with Crippen LogP contribution in [0.5, 0.6) is 0 Å². The summed E-state index contributed by atoms with van der Waals surface area (Å²) in [5.74, 6) is 0. The van der Waals surface area contributed by atoms with Crippen molar-refractivity contribution in [3.8, 4) is 0 Å². The van der Waals surface area contributed by atoms with E-state index >= 15 is 0 Å². The molecule has 0 unspecified atom stereocenters. The van der Waals surface area contributed by atoms with Crippen LogP contribution in [0, 0.1) is 5.41 Å². The third kappa shape index (κ3) is 4.12. The maximum absolute atomic E-state index is 9.81. The van der Waals surface area contributed by atoms with Gasteiger partial charge in [0.05, 0.1) is 12.2 Å². The molecule has 2 fully saturated rings. The topological polar surface area (TPSA) is 52.9 Å². The molecule has 4 nitrogen and oxygen atoms in total. The molecular weight excluding hydrogens is 294 g/mol. The SMILES string of the molecule is CC(C)(C)[Si](C)(C)OCCN1CCC2(CC1)C[C@@H](O)[C@H](O)C2. The van der Waals surface area contributed by atoms with Crippen LogP contribution in [0.3, 0.4) is 0 Å². The lowest BCUT2D eigenvalue weighted by Crippen LogP contribution is -2.45. The predicted octanol–water partition coefficient (Wildman–Crippen LogP) is 2.61. The summed E-state index contributed by atoms with van der Waals surface area (Å²) in [5, 5.41) is 19.9. The lowest BCUT2D eigenvalue weighted by Gasteiger charge is -2.40. The number of hydrogen-bond donors (Lipinski definition) is 2. The molecule has 0 amide bonds. The lowest BCUT2D eigenvalue weighted by atomic mass is 9.77. The van der Waals surface area contributed by atoms with Gasteiger partial charge in [-0.3, -0.25) is 0 Å². The quantitative estimate of drug-likeness (QED) is 0.779. The summed E-state index contributed by atoms with van der Waals surface area (Å²) < 4.78 is 6.26. The first-order chi connectivity index (χ1) is 10.0. The summed E-state index contributed by atoms with van der Waals surface area (Å²) >= 11 is 0. The number of rotatable bonds is 4. The first kappa shape index (κ1) is 18.4. The van der Waals surface area contributed by atoms with Gasteiger partial charge in [-0.1, -0.05) is 20.8 Å². The number of aliphatic hydroxyl groups excluding tert-OH is 2. The standard InChI is InChI=1S/C17H35NO3Si/c1-16(2,3)22(4,5)21-11-10-18-8-6-17(7-9-18)12-14(19)15(20)13-17/h14-15,19-20H,6-13H2,1-5H3/t14-,15-/m1/s1. The summed E-state index contributed by atoms with van der Waals surface area (Å²) in [7, 11) is -1.63. The zero-order chi connectivity index (χ0) is 16.6. The van der Waals surface area contributed by atoms with Gasteiger partial charge in [0.15, 0.2) is 8.32 Å². The highest BCUT2D eigenvalue weighted by atomic mass is 28.4. The average Bonchev–Trinajstić information content (AvgIpc) is 2.66. The summed E-state index contributed by atoms with van der Waals surface area (Å²) in [6.45, 7) is 15.4. The molecule has 1 spiro atoms. The number of aliphatic hydroxyl groups is 2. The smallest absolute Gasteiger partial charge is 0.192 e. The van der Waals surface area contributed by atoms with Crippen LogP contribution in [0.25, 0.3) is 0 Å². The van der Waals surface area contributed by atoms with E-state index < -0.39 is 20.5 Å². The molecular formula is C17H35NO3Si. The second kappa shape index (κ2) is 6.52. The molecule has 0 aromatic carbocycles. The Labute approximate surface area is 137 Å². The first-order valence-electron chi connectivity index (χ1n) is 8.77. The van der Waals surface area contributed by atoms with E-state index in [0.29, 0.717) is 0 Å². The fourth-order valence-corrected chi connectivity index (χ4v) is 4.58. The highest BCUT2D eigenvalue weighted by molar-refractivity contribution is 6.74. The lowest BCUT2D eigenvalue weighted by molar-refractivity contribution is 0.0438. The summed E-state index contributed by atoms with van der Waals surface area (Å²) in [4.78, 5) is 2.48. The maximum atomic E-state index is 9.81. The molecule has 0 aromatic heterocycles. The van der Waals surface area contributed by atoms with Crippen LogP contribution in [-0.2, 0) is 4.43 Å². The van der Waals surface area contributed by atoms with Gasteiger partial charge in [-0.05, 0) is 62.3 Å². The summed E-state index contributed by atoms with van der Waals surface area (Å²) in [6, 6.07) is 0. The van der Waals surface area contributed by atoms with E-state index in [1.165, 1.54) is 0 Å². The van der Waals surface area contributed by atoms with Crippen LogP contribution in [0.15, 0.2) is 0 Å². The van der Waals surface area contributed by atoms with Gasteiger partial charge < -0.3 is 19.5 Å². The van der Waals surface area contributed by atoms with Gasteiger partial charge in [0, 0.05) is 13.2 Å². The Morgan fingerprint density at radius 1 is 1.09 bits per heavy atom. The second-order valence-electron chi connectivity index (χ2n) is 8.99. The van der Waals surface area contributed by atoms with Gasteiger partial charge in [0.25, 0.3) is 0 Å². The van der Waals surface area contributed by atoms with Gasteiger partial charge in [-0.25, -0.2) is 0 Å². The minimum absolute atomic E-state index is 0.190. The highest BCUT2D eigenvalue weighted by Crippen LogP contribution is 2.46. The van der Waals surface area contributed by atoms with E-state index in [-0.39, 0.29) is 10.5 Å². The molecule has 2 atom stereocenters. The molecule has 5 heteroatoms. The van der Waals surface area contributed by atoms with E-state index in [1.54, 1.807) is 0 Å². The first-order valence-corrected chi connectivity index (χ1v) is 11.7. The second-order valence-corrected chi connectivity index (χ2v) is 13.8. The largest absolute Gasteiger partial charge is 0.416 e. The summed E-state index contributed by atoms with van der Waals surface area (Å²) in [5.41, 5.74) is 0.190. The minimum atomic E-state index is -1.63. The molecule has 22 heavy (non-hydrogen) atoms. The van der Waals surface area contributed by atoms with E-state index in [9.17, 15) is 10.2 Å².